The Bertz CT molecular complexity index is 798. The molecule has 0 bridgehead atoms. The third-order valence-corrected chi connectivity index (χ3v) is 4.48. The van der Waals surface area contributed by atoms with E-state index in [4.69, 9.17) is 34.5 Å². The summed E-state index contributed by atoms with van der Waals surface area (Å²) in [5.74, 6) is -1.56. The molecule has 0 saturated carbocycles. The Morgan fingerprint density at radius 1 is 1.17 bits per heavy atom. The summed E-state index contributed by atoms with van der Waals surface area (Å²) >= 11 is 0. The van der Waals surface area contributed by atoms with Crippen molar-refractivity contribution in [3.8, 4) is 0 Å². The third-order valence-electron chi connectivity index (χ3n) is 4.48. The maximum Gasteiger partial charge on any atom is 0.341 e. The van der Waals surface area contributed by atoms with Crippen molar-refractivity contribution in [1.82, 2.24) is 19.5 Å². The Morgan fingerprint density at radius 3 is 2.52 bits per heavy atom. The first-order chi connectivity index (χ1) is 14.0. The van der Waals surface area contributed by atoms with Crippen LogP contribution in [0.1, 0.15) is 27.0 Å². The van der Waals surface area contributed by atoms with Crippen LogP contribution in [-0.2, 0) is 28.7 Å². The Hall–Kier alpha value is -1.93. The van der Waals surface area contributed by atoms with Gasteiger partial charge in [-0.25, -0.2) is 19.8 Å². The van der Waals surface area contributed by atoms with Gasteiger partial charge in [0.15, 0.2) is 23.8 Å². The van der Waals surface area contributed by atoms with Gasteiger partial charge in [-0.05, 0) is 20.8 Å². The van der Waals surface area contributed by atoms with Crippen molar-refractivity contribution in [3.05, 3.63) is 12.7 Å². The van der Waals surface area contributed by atoms with Crippen LogP contribution in [0.15, 0.2) is 12.7 Å². The van der Waals surface area contributed by atoms with Crippen molar-refractivity contribution in [2.45, 2.75) is 51.3 Å². The standard InChI is InChI=1S/C17H27N5O7/c1-5-25-17(26-6-2,29-27-7-3)13-11(23)12(24-4)16(28-13)22-9-21-10-14(18)19-8-20-15(10)22/h8-9,11-13,16,23H,5-7H2,1-4H3,(H2,18,19,20)/t11-,12+,13-,16+/m0/s1. The largest absolute Gasteiger partial charge is 0.387 e. The molecule has 0 unspecified atom stereocenters. The number of fused-ring (bicyclic) bond motifs is 1. The third kappa shape index (κ3) is 3.92. The number of nitrogens with two attached hydrogens (primary N) is 1. The molecule has 3 rings (SSSR count). The average Bonchev–Trinajstić information content (AvgIpc) is 3.28. The van der Waals surface area contributed by atoms with Crippen molar-refractivity contribution < 1.29 is 33.8 Å². The van der Waals surface area contributed by atoms with E-state index < -0.39 is 30.5 Å². The fourth-order valence-corrected chi connectivity index (χ4v) is 3.32. The minimum Gasteiger partial charge on any atom is -0.387 e. The number of hydrogen-bond acceptors (Lipinski definition) is 11. The molecule has 12 nitrogen and oxygen atoms in total. The van der Waals surface area contributed by atoms with Gasteiger partial charge >= 0.3 is 5.97 Å². The molecule has 4 atom stereocenters. The zero-order chi connectivity index (χ0) is 21.0. The highest BCUT2D eigenvalue weighted by Gasteiger charge is 2.59. The van der Waals surface area contributed by atoms with E-state index in [1.54, 1.807) is 25.3 Å². The van der Waals surface area contributed by atoms with Gasteiger partial charge in [-0.15, -0.1) is 0 Å². The van der Waals surface area contributed by atoms with Crippen LogP contribution < -0.4 is 5.73 Å². The number of imidazole rings is 1. The van der Waals surface area contributed by atoms with E-state index in [1.165, 1.54) is 19.8 Å². The molecule has 1 aliphatic heterocycles. The molecule has 1 saturated heterocycles. The molecular weight excluding hydrogens is 386 g/mol. The number of hydrogen-bond donors (Lipinski definition) is 2. The van der Waals surface area contributed by atoms with Gasteiger partial charge in [0.05, 0.1) is 12.9 Å². The lowest BCUT2D eigenvalue weighted by Gasteiger charge is -2.36. The summed E-state index contributed by atoms with van der Waals surface area (Å²) in [6.45, 7) is 5.96. The summed E-state index contributed by atoms with van der Waals surface area (Å²) in [6.07, 6.45) is -1.08. The molecule has 29 heavy (non-hydrogen) atoms. The van der Waals surface area contributed by atoms with Gasteiger partial charge in [-0.2, -0.15) is 4.89 Å². The summed E-state index contributed by atoms with van der Waals surface area (Å²) in [7, 11) is 1.46. The maximum atomic E-state index is 11.0. The molecule has 0 radical (unpaired) electrons. The van der Waals surface area contributed by atoms with E-state index in [2.05, 4.69) is 15.0 Å². The second-order valence-electron chi connectivity index (χ2n) is 6.18. The predicted molar refractivity (Wildman–Crippen MR) is 99.1 cm³/mol. The van der Waals surface area contributed by atoms with Crippen LogP contribution in [0.25, 0.3) is 11.2 Å². The number of methoxy groups -OCH3 is 1. The number of nitrogen functional groups attached to an aromatic ring is 1. The molecule has 162 valence electrons. The lowest BCUT2D eigenvalue weighted by molar-refractivity contribution is -0.528. The molecule has 3 N–H and O–H groups in total. The van der Waals surface area contributed by atoms with Crippen molar-refractivity contribution in [3.63, 3.8) is 0 Å². The smallest absolute Gasteiger partial charge is 0.341 e. The van der Waals surface area contributed by atoms with Gasteiger partial charge in [-0.3, -0.25) is 4.57 Å². The minimum absolute atomic E-state index is 0.222. The molecule has 0 aromatic carbocycles. The number of anilines is 1. The van der Waals surface area contributed by atoms with Crippen LogP contribution in [0.5, 0.6) is 0 Å². The van der Waals surface area contributed by atoms with Gasteiger partial charge in [0.25, 0.3) is 0 Å². The number of aliphatic hydroxyl groups excluding tert-OH is 1. The summed E-state index contributed by atoms with van der Waals surface area (Å²) in [5, 5.41) is 11.0. The van der Waals surface area contributed by atoms with Crippen LogP contribution in [0, 0.1) is 0 Å². The van der Waals surface area contributed by atoms with E-state index in [1.807, 2.05) is 0 Å². The average molecular weight is 413 g/mol. The van der Waals surface area contributed by atoms with E-state index in [0.717, 1.165) is 0 Å². The second-order valence-corrected chi connectivity index (χ2v) is 6.18. The van der Waals surface area contributed by atoms with Crippen molar-refractivity contribution in [1.29, 1.82) is 0 Å². The summed E-state index contributed by atoms with van der Waals surface area (Å²) < 4.78 is 24.7. The first kappa shape index (κ1) is 21.8. The van der Waals surface area contributed by atoms with E-state index >= 15 is 0 Å². The van der Waals surface area contributed by atoms with Crippen molar-refractivity contribution in [2.24, 2.45) is 0 Å². The highest BCUT2D eigenvalue weighted by Crippen LogP contribution is 2.40. The molecule has 0 spiro atoms. The number of aliphatic hydroxyl groups is 1. The normalized spacial score (nSPS) is 25.1. The fourth-order valence-electron chi connectivity index (χ4n) is 3.32. The molecule has 0 aliphatic carbocycles. The molecular formula is C17H27N5O7. The summed E-state index contributed by atoms with van der Waals surface area (Å²) in [5.41, 5.74) is 6.71. The van der Waals surface area contributed by atoms with E-state index in [9.17, 15) is 5.11 Å². The molecule has 1 fully saturated rings. The summed E-state index contributed by atoms with van der Waals surface area (Å²) in [4.78, 5) is 22.9. The number of rotatable bonds is 10. The molecule has 2 aromatic rings. The summed E-state index contributed by atoms with van der Waals surface area (Å²) in [6, 6.07) is 0. The lowest BCUT2D eigenvalue weighted by atomic mass is 10.1. The zero-order valence-corrected chi connectivity index (χ0v) is 16.8. The van der Waals surface area contributed by atoms with Crippen LogP contribution in [-0.4, -0.2) is 75.8 Å². The minimum atomic E-state index is -1.80. The van der Waals surface area contributed by atoms with Gasteiger partial charge < -0.3 is 29.8 Å². The second kappa shape index (κ2) is 9.26. The fraction of sp³-hybridized carbons (Fsp3) is 0.706. The molecule has 3 heterocycles. The van der Waals surface area contributed by atoms with E-state index in [-0.39, 0.29) is 25.6 Å². The Balaban J connectivity index is 2.00. The van der Waals surface area contributed by atoms with Crippen LogP contribution in [0.3, 0.4) is 0 Å². The molecule has 2 aromatic heterocycles. The Labute approximate surface area is 167 Å². The van der Waals surface area contributed by atoms with Gasteiger partial charge in [-0.1, -0.05) is 0 Å². The van der Waals surface area contributed by atoms with E-state index in [0.29, 0.717) is 11.2 Å². The topological polar surface area (TPSA) is 145 Å². The predicted octanol–water partition coefficient (Wildman–Crippen LogP) is 0.377. The molecule has 1 aliphatic rings. The Kier molecular flexibility index (Phi) is 6.95. The first-order valence-corrected chi connectivity index (χ1v) is 9.40. The van der Waals surface area contributed by atoms with Gasteiger partial charge in [0, 0.05) is 20.3 Å². The lowest BCUT2D eigenvalue weighted by Crippen LogP contribution is -2.55. The monoisotopic (exact) mass is 413 g/mol. The number of ether oxygens (including phenoxy) is 4. The molecule has 0 amide bonds. The van der Waals surface area contributed by atoms with Gasteiger partial charge in [0.1, 0.15) is 24.1 Å². The molecule has 12 heteroatoms. The number of aromatic nitrogens is 4. The van der Waals surface area contributed by atoms with Crippen LogP contribution in [0.4, 0.5) is 5.82 Å². The van der Waals surface area contributed by atoms with Crippen molar-refractivity contribution in [2.75, 3.05) is 32.7 Å². The van der Waals surface area contributed by atoms with Crippen molar-refractivity contribution >= 4 is 17.0 Å². The SMILES string of the molecule is CCOOC(OCC)(OCC)[C@H]1O[C@@H](n2cnc3c(N)ncnc32)[C@H](OC)[C@@H]1O. The number of nitrogens with zero attached hydrogens (tertiary/aromatic N) is 4. The van der Waals surface area contributed by atoms with Crippen LogP contribution >= 0.6 is 0 Å². The van der Waals surface area contributed by atoms with Gasteiger partial charge in [0.2, 0.25) is 0 Å². The maximum absolute atomic E-state index is 11.0. The zero-order valence-electron chi connectivity index (χ0n) is 16.8. The Morgan fingerprint density at radius 2 is 1.90 bits per heavy atom. The van der Waals surface area contributed by atoms with Crippen LogP contribution in [0.2, 0.25) is 0 Å². The quantitative estimate of drug-likeness (QED) is 0.316. The highest BCUT2D eigenvalue weighted by molar-refractivity contribution is 5.81. The highest BCUT2D eigenvalue weighted by atomic mass is 17.3. The first-order valence-electron chi connectivity index (χ1n) is 9.40.